The molecule has 0 amide bonds. The monoisotopic (exact) mass is 438 g/mol. The van der Waals surface area contributed by atoms with Crippen molar-refractivity contribution in [3.8, 4) is 11.4 Å². The Morgan fingerprint density at radius 1 is 1.19 bits per heavy atom. The minimum Gasteiger partial charge on any atom is -0.481 e. The van der Waals surface area contributed by atoms with Gasteiger partial charge in [-0.25, -0.2) is 24.3 Å². The molecule has 10 heteroatoms. The molecule has 2 atom stereocenters. The predicted octanol–water partition coefficient (Wildman–Crippen LogP) is 4.07. The van der Waals surface area contributed by atoms with Gasteiger partial charge < -0.3 is 15.4 Å². The van der Waals surface area contributed by atoms with Crippen LogP contribution in [0.2, 0.25) is 0 Å². The number of H-pyrrole nitrogens is 1. The summed E-state index contributed by atoms with van der Waals surface area (Å²) in [6.07, 6.45) is 6.86. The van der Waals surface area contributed by atoms with Gasteiger partial charge in [0.05, 0.1) is 17.6 Å². The Balaban J connectivity index is 1.46. The summed E-state index contributed by atoms with van der Waals surface area (Å²) in [4.78, 5) is 33.6. The van der Waals surface area contributed by atoms with Crippen LogP contribution in [0.1, 0.15) is 25.7 Å². The van der Waals surface area contributed by atoms with E-state index >= 15 is 0 Å². The van der Waals surface area contributed by atoms with E-state index in [4.69, 9.17) is 4.98 Å². The maximum atomic E-state index is 13.8. The van der Waals surface area contributed by atoms with Gasteiger partial charge >= 0.3 is 5.97 Å². The molecule has 0 saturated heterocycles. The minimum atomic E-state index is -0.756. The number of aromatic amines is 1. The Morgan fingerprint density at radius 3 is 2.81 bits per heavy atom. The summed E-state index contributed by atoms with van der Waals surface area (Å²) in [5.74, 6) is -0.193. The normalized spacial score (nSPS) is 25.3. The highest BCUT2D eigenvalue weighted by atomic mass is 32.1. The molecule has 0 aliphatic heterocycles. The standard InChI is InChI=1S/C21H19FN6O2S/c22-11-5-12-13(7-24-17(12)23-6-11)18-27-19(16-20(28-18)31-8-25-16)26-15-10-3-1-9(2-4-10)14(15)21(29)30/h5-10,14-15H,1-4H2,(H,23,24)(H,29,30)(H,26,27,28)/t9?,10?,14-,15-/m0/s1. The quantitative estimate of drug-likeness (QED) is 0.440. The molecular formula is C21H19FN6O2S. The van der Waals surface area contributed by atoms with E-state index in [0.717, 1.165) is 31.9 Å². The number of nitrogens with zero attached hydrogens (tertiary/aromatic N) is 4. The lowest BCUT2D eigenvalue weighted by atomic mass is 9.61. The molecule has 4 heterocycles. The Labute approximate surface area is 180 Å². The second-order valence-corrected chi connectivity index (χ2v) is 9.20. The molecule has 4 aromatic rings. The summed E-state index contributed by atoms with van der Waals surface area (Å²) in [6, 6.07) is 1.21. The van der Waals surface area contributed by atoms with E-state index in [1.165, 1.54) is 17.4 Å². The molecular weight excluding hydrogens is 419 g/mol. The maximum absolute atomic E-state index is 13.8. The average molecular weight is 438 g/mol. The topological polar surface area (TPSA) is 117 Å². The third kappa shape index (κ3) is 2.96. The van der Waals surface area contributed by atoms with E-state index in [1.807, 2.05) is 0 Å². The number of hydrogen-bond donors (Lipinski definition) is 3. The van der Waals surface area contributed by atoms with Crippen LogP contribution in [0.25, 0.3) is 32.8 Å². The molecule has 0 aromatic carbocycles. The van der Waals surface area contributed by atoms with Crippen LogP contribution in [0.4, 0.5) is 10.2 Å². The van der Waals surface area contributed by atoms with E-state index in [1.54, 1.807) is 11.7 Å². The number of carboxylic acids is 1. The fourth-order valence-corrected chi connectivity index (χ4v) is 5.97. The van der Waals surface area contributed by atoms with Gasteiger partial charge in [0.15, 0.2) is 11.6 Å². The van der Waals surface area contributed by atoms with Crippen molar-refractivity contribution in [3.63, 3.8) is 0 Å². The number of nitrogens with one attached hydrogen (secondary N) is 2. The van der Waals surface area contributed by atoms with Crippen LogP contribution in [0.15, 0.2) is 24.0 Å². The first-order valence-electron chi connectivity index (χ1n) is 10.3. The number of pyridine rings is 1. The zero-order valence-corrected chi connectivity index (χ0v) is 17.2. The van der Waals surface area contributed by atoms with Crippen LogP contribution in [0.3, 0.4) is 0 Å². The summed E-state index contributed by atoms with van der Waals surface area (Å²) < 4.78 is 13.8. The number of anilines is 1. The average Bonchev–Trinajstić information content (AvgIpc) is 3.41. The van der Waals surface area contributed by atoms with E-state index in [-0.39, 0.29) is 12.0 Å². The van der Waals surface area contributed by atoms with Gasteiger partial charge in [-0.15, -0.1) is 11.3 Å². The van der Waals surface area contributed by atoms with Gasteiger partial charge in [0.2, 0.25) is 0 Å². The van der Waals surface area contributed by atoms with Crippen molar-refractivity contribution in [1.82, 2.24) is 24.9 Å². The molecule has 158 valence electrons. The summed E-state index contributed by atoms with van der Waals surface area (Å²) in [7, 11) is 0. The second-order valence-electron chi connectivity index (χ2n) is 8.36. The zero-order valence-electron chi connectivity index (χ0n) is 16.4. The maximum Gasteiger partial charge on any atom is 0.308 e. The van der Waals surface area contributed by atoms with E-state index < -0.39 is 17.7 Å². The first-order valence-corrected chi connectivity index (χ1v) is 11.2. The SMILES string of the molecule is O=C(O)[C@H]1C2CCC(CC2)[C@@H]1Nc1nc(-c2c[nH]c3ncc(F)cc23)nc2scnc12. The number of carbonyl (C=O) groups is 1. The van der Waals surface area contributed by atoms with Crippen LogP contribution in [-0.2, 0) is 4.79 Å². The number of aliphatic carboxylic acids is 1. The highest BCUT2D eigenvalue weighted by Gasteiger charge is 2.47. The molecule has 4 aromatic heterocycles. The lowest BCUT2D eigenvalue weighted by molar-refractivity contribution is -0.148. The van der Waals surface area contributed by atoms with Crippen LogP contribution in [0, 0.1) is 23.6 Å². The highest BCUT2D eigenvalue weighted by Crippen LogP contribution is 2.46. The van der Waals surface area contributed by atoms with E-state index in [2.05, 4.69) is 25.3 Å². The van der Waals surface area contributed by atoms with Gasteiger partial charge in [-0.05, 0) is 43.6 Å². The number of fused-ring (bicyclic) bond motifs is 5. The minimum absolute atomic E-state index is 0.190. The van der Waals surface area contributed by atoms with Gasteiger partial charge in [-0.2, -0.15) is 0 Å². The molecule has 3 aliphatic carbocycles. The largest absolute Gasteiger partial charge is 0.481 e. The van der Waals surface area contributed by atoms with Crippen molar-refractivity contribution in [1.29, 1.82) is 0 Å². The molecule has 0 spiro atoms. The molecule has 31 heavy (non-hydrogen) atoms. The lowest BCUT2D eigenvalue weighted by Crippen LogP contribution is -2.51. The summed E-state index contributed by atoms with van der Waals surface area (Å²) in [5, 5.41) is 13.9. The van der Waals surface area contributed by atoms with Crippen molar-refractivity contribution in [2.24, 2.45) is 17.8 Å². The molecule has 3 saturated carbocycles. The molecule has 3 N–H and O–H groups in total. The van der Waals surface area contributed by atoms with Gasteiger partial charge in [0, 0.05) is 23.2 Å². The molecule has 7 rings (SSSR count). The molecule has 3 aliphatic rings. The third-order valence-electron chi connectivity index (χ3n) is 6.74. The number of carboxylic acid groups (broad SMARTS) is 1. The first kappa shape index (κ1) is 18.6. The predicted molar refractivity (Wildman–Crippen MR) is 114 cm³/mol. The van der Waals surface area contributed by atoms with Crippen molar-refractivity contribution < 1.29 is 14.3 Å². The number of halogens is 1. The Kier molecular flexibility index (Phi) is 4.17. The third-order valence-corrected chi connectivity index (χ3v) is 7.46. The van der Waals surface area contributed by atoms with Gasteiger partial charge in [0.1, 0.15) is 21.8 Å². The fourth-order valence-electron chi connectivity index (χ4n) is 5.32. The fraction of sp³-hybridized carbons (Fsp3) is 0.381. The number of aromatic nitrogens is 5. The highest BCUT2D eigenvalue weighted by molar-refractivity contribution is 7.16. The molecule has 8 nitrogen and oxygen atoms in total. The molecule has 0 radical (unpaired) electrons. The zero-order chi connectivity index (χ0) is 21.1. The van der Waals surface area contributed by atoms with Crippen LogP contribution >= 0.6 is 11.3 Å². The number of thiazole rings is 1. The van der Waals surface area contributed by atoms with Crippen LogP contribution in [-0.4, -0.2) is 42.0 Å². The summed E-state index contributed by atoms with van der Waals surface area (Å²) >= 11 is 1.39. The lowest BCUT2D eigenvalue weighted by Gasteiger charge is -2.47. The van der Waals surface area contributed by atoms with Crippen molar-refractivity contribution in [2.45, 2.75) is 31.7 Å². The Hall–Kier alpha value is -3.14. The Bertz CT molecular complexity index is 1310. The second kappa shape index (κ2) is 6.94. The molecule has 2 bridgehead atoms. The van der Waals surface area contributed by atoms with Crippen molar-refractivity contribution in [3.05, 3.63) is 29.8 Å². The molecule has 0 unspecified atom stereocenters. The summed E-state index contributed by atoms with van der Waals surface area (Å²) in [6.45, 7) is 0. The van der Waals surface area contributed by atoms with E-state index in [9.17, 15) is 14.3 Å². The summed E-state index contributed by atoms with van der Waals surface area (Å²) in [5.41, 5.74) is 3.52. The van der Waals surface area contributed by atoms with Crippen LogP contribution in [0.5, 0.6) is 0 Å². The van der Waals surface area contributed by atoms with Crippen molar-refractivity contribution >= 4 is 44.5 Å². The van der Waals surface area contributed by atoms with Gasteiger partial charge in [0.25, 0.3) is 0 Å². The first-order chi connectivity index (χ1) is 15.1. The number of rotatable bonds is 4. The smallest absolute Gasteiger partial charge is 0.308 e. The van der Waals surface area contributed by atoms with Gasteiger partial charge in [-0.1, -0.05) is 0 Å². The number of hydrogen-bond acceptors (Lipinski definition) is 7. The van der Waals surface area contributed by atoms with Crippen molar-refractivity contribution in [2.75, 3.05) is 5.32 Å². The van der Waals surface area contributed by atoms with Crippen LogP contribution < -0.4 is 5.32 Å². The van der Waals surface area contributed by atoms with Gasteiger partial charge in [-0.3, -0.25) is 4.79 Å². The molecule has 3 fully saturated rings. The Morgan fingerprint density at radius 2 is 2.00 bits per heavy atom. The van der Waals surface area contributed by atoms with E-state index in [0.29, 0.717) is 44.5 Å².